The Kier molecular flexibility index (Phi) is 8.24. The fraction of sp³-hybridized carbons (Fsp3) is 0.387. The number of carbonyl (C=O) groups is 1. The van der Waals surface area contributed by atoms with Crippen molar-refractivity contribution in [3.63, 3.8) is 0 Å². The van der Waals surface area contributed by atoms with E-state index in [4.69, 9.17) is 27.9 Å². The number of rotatable bonds is 10. The van der Waals surface area contributed by atoms with Crippen LogP contribution in [0.2, 0.25) is 10.0 Å². The molecule has 0 bridgehead atoms. The number of benzene rings is 3. The van der Waals surface area contributed by atoms with Crippen molar-refractivity contribution >= 4 is 44.8 Å². The molecule has 1 unspecified atom stereocenters. The summed E-state index contributed by atoms with van der Waals surface area (Å²) in [4.78, 5) is 15.8. The molecule has 0 aromatic heterocycles. The Morgan fingerprint density at radius 3 is 2.29 bits per heavy atom. The number of sulfonamides is 1. The Balaban J connectivity index is 1.49. The van der Waals surface area contributed by atoms with Gasteiger partial charge in [0.25, 0.3) is 5.91 Å². The number of amides is 1. The van der Waals surface area contributed by atoms with Crippen molar-refractivity contribution in [2.75, 3.05) is 17.5 Å². The number of carbonyl (C=O) groups excluding carboxylic acids is 1. The summed E-state index contributed by atoms with van der Waals surface area (Å²) in [5.41, 5.74) is 1.38. The zero-order valence-electron chi connectivity index (χ0n) is 22.7. The van der Waals surface area contributed by atoms with Gasteiger partial charge in [0.05, 0.1) is 36.2 Å². The smallest absolute Gasteiger partial charge is 0.255 e. The van der Waals surface area contributed by atoms with Gasteiger partial charge in [0.2, 0.25) is 10.0 Å². The zero-order chi connectivity index (χ0) is 29.6. The topological polar surface area (TPSA) is 87.2 Å². The molecule has 0 spiro atoms. The van der Waals surface area contributed by atoms with Gasteiger partial charge in [-0.05, 0) is 79.1 Å². The maximum Gasteiger partial charge on any atom is 0.255 e. The van der Waals surface area contributed by atoms with Crippen molar-refractivity contribution in [3.05, 3.63) is 99.8 Å². The maximum atomic E-state index is 15.2. The van der Waals surface area contributed by atoms with Gasteiger partial charge in [-0.1, -0.05) is 59.6 Å². The van der Waals surface area contributed by atoms with Gasteiger partial charge in [0.1, 0.15) is 11.9 Å². The molecule has 3 aromatic carbocycles. The predicted octanol–water partition coefficient (Wildman–Crippen LogP) is 5.91. The first-order valence-corrected chi connectivity index (χ1v) is 16.3. The first kappa shape index (κ1) is 29.4. The molecule has 222 valence electrons. The lowest BCUT2D eigenvalue weighted by Gasteiger charge is -2.49. The van der Waals surface area contributed by atoms with E-state index in [9.17, 15) is 18.3 Å². The molecule has 2 saturated carbocycles. The fourth-order valence-electron chi connectivity index (χ4n) is 5.84. The zero-order valence-corrected chi connectivity index (χ0v) is 25.0. The standard InChI is InChI=1S/C31H31Cl2FN2O5S/c32-22-12-10-20(11-13-22)29-30(21-4-3-5-23(33)16-21)41-28(18-37)31(38)36(29)27(19-8-9-19)17-35(42(39,40)24-14-15-24)26-7-2-1-6-25(26)34/h1-7,10-13,16,19,24,27-30,37H,8-9,14-15,17-18H2/t27?,28-,29+,30+/m0/s1. The minimum absolute atomic E-state index is 0.0233. The van der Waals surface area contributed by atoms with Gasteiger partial charge in [0.15, 0.2) is 6.10 Å². The summed E-state index contributed by atoms with van der Waals surface area (Å²) in [5, 5.41) is 10.7. The van der Waals surface area contributed by atoms with Gasteiger partial charge >= 0.3 is 0 Å². The summed E-state index contributed by atoms with van der Waals surface area (Å²) < 4.78 is 50.2. The van der Waals surface area contributed by atoms with E-state index in [0.717, 1.165) is 22.7 Å². The van der Waals surface area contributed by atoms with E-state index >= 15 is 4.39 Å². The number of para-hydroxylation sites is 1. The van der Waals surface area contributed by atoms with E-state index in [1.54, 1.807) is 41.3 Å². The summed E-state index contributed by atoms with van der Waals surface area (Å²) in [5.74, 6) is -1.13. The largest absolute Gasteiger partial charge is 0.393 e. The third-order valence-corrected chi connectivity index (χ3v) is 11.0. The van der Waals surface area contributed by atoms with Crippen LogP contribution in [-0.4, -0.2) is 54.9 Å². The Morgan fingerprint density at radius 1 is 0.952 bits per heavy atom. The van der Waals surface area contributed by atoms with Crippen LogP contribution in [0.1, 0.15) is 49.0 Å². The van der Waals surface area contributed by atoms with Crippen LogP contribution in [0.25, 0.3) is 0 Å². The average Bonchev–Trinajstić information content (AvgIpc) is 3.88. The average molecular weight is 634 g/mol. The molecule has 42 heavy (non-hydrogen) atoms. The highest BCUT2D eigenvalue weighted by atomic mass is 35.5. The minimum Gasteiger partial charge on any atom is -0.393 e. The molecule has 7 nitrogen and oxygen atoms in total. The molecule has 2 aliphatic carbocycles. The number of anilines is 1. The molecule has 1 saturated heterocycles. The highest BCUT2D eigenvalue weighted by Gasteiger charge is 2.52. The van der Waals surface area contributed by atoms with E-state index in [1.807, 2.05) is 18.2 Å². The molecule has 1 amide bonds. The Hall–Kier alpha value is -2.69. The quantitative estimate of drug-likeness (QED) is 0.300. The molecular formula is C31H31Cl2FN2O5S. The number of hydrogen-bond donors (Lipinski definition) is 1. The second kappa shape index (κ2) is 11.8. The highest BCUT2D eigenvalue weighted by Crippen LogP contribution is 2.48. The highest BCUT2D eigenvalue weighted by molar-refractivity contribution is 7.93. The van der Waals surface area contributed by atoms with Crippen molar-refractivity contribution in [3.8, 4) is 0 Å². The number of ether oxygens (including phenoxy) is 1. The van der Waals surface area contributed by atoms with Crippen LogP contribution in [0.3, 0.4) is 0 Å². The first-order valence-electron chi connectivity index (χ1n) is 14.0. The summed E-state index contributed by atoms with van der Waals surface area (Å²) in [7, 11) is -3.90. The van der Waals surface area contributed by atoms with Crippen LogP contribution >= 0.6 is 23.2 Å². The van der Waals surface area contributed by atoms with Crippen molar-refractivity contribution in [2.45, 2.75) is 55.2 Å². The van der Waals surface area contributed by atoms with Crippen LogP contribution in [0.15, 0.2) is 72.8 Å². The SMILES string of the molecule is O=C1[C@H](CO)O[C@H](c2cccc(Cl)c2)[C@@H](c2ccc(Cl)cc2)N1C(CN(c1ccccc1F)S(=O)(=O)C1CC1)C1CC1. The molecule has 1 N–H and O–H groups in total. The van der Waals surface area contributed by atoms with Crippen LogP contribution in [0.5, 0.6) is 0 Å². The predicted molar refractivity (Wildman–Crippen MR) is 159 cm³/mol. The van der Waals surface area contributed by atoms with Gasteiger partial charge in [-0.15, -0.1) is 0 Å². The lowest BCUT2D eigenvalue weighted by molar-refractivity contribution is -0.184. The number of nitrogens with zero attached hydrogens (tertiary/aromatic N) is 2. The number of aliphatic hydroxyl groups is 1. The summed E-state index contributed by atoms with van der Waals surface area (Å²) >= 11 is 12.6. The first-order chi connectivity index (χ1) is 20.2. The maximum absolute atomic E-state index is 15.2. The molecule has 11 heteroatoms. The molecule has 3 fully saturated rings. The molecular weight excluding hydrogens is 602 g/mol. The summed E-state index contributed by atoms with van der Waals surface area (Å²) in [6.07, 6.45) is 0.665. The summed E-state index contributed by atoms with van der Waals surface area (Å²) in [6, 6.07) is 18.7. The fourth-order valence-corrected chi connectivity index (χ4v) is 8.04. The van der Waals surface area contributed by atoms with Gasteiger partial charge in [-0.3, -0.25) is 9.10 Å². The van der Waals surface area contributed by atoms with E-state index in [0.29, 0.717) is 28.5 Å². The molecule has 0 radical (unpaired) electrons. The van der Waals surface area contributed by atoms with Gasteiger partial charge in [0, 0.05) is 10.0 Å². The summed E-state index contributed by atoms with van der Waals surface area (Å²) in [6.45, 7) is -0.685. The van der Waals surface area contributed by atoms with Crippen LogP contribution in [0, 0.1) is 11.7 Å². The molecule has 6 rings (SSSR count). The normalized spacial score (nSPS) is 23.6. The van der Waals surface area contributed by atoms with Crippen LogP contribution < -0.4 is 4.31 Å². The third kappa shape index (κ3) is 5.77. The van der Waals surface area contributed by atoms with Gasteiger partial charge in [-0.2, -0.15) is 0 Å². The van der Waals surface area contributed by atoms with E-state index < -0.39 is 57.9 Å². The Bertz CT molecular complexity index is 1570. The lowest BCUT2D eigenvalue weighted by Crippen LogP contribution is -2.59. The van der Waals surface area contributed by atoms with Gasteiger partial charge < -0.3 is 14.7 Å². The van der Waals surface area contributed by atoms with E-state index in [2.05, 4.69) is 0 Å². The van der Waals surface area contributed by atoms with Crippen molar-refractivity contribution in [1.82, 2.24) is 4.90 Å². The molecule has 1 heterocycles. The monoisotopic (exact) mass is 632 g/mol. The molecule has 3 aliphatic rings. The number of aliphatic hydroxyl groups excluding tert-OH is 1. The van der Waals surface area contributed by atoms with Crippen LogP contribution in [-0.2, 0) is 19.6 Å². The number of morpholine rings is 1. The Morgan fingerprint density at radius 2 is 1.67 bits per heavy atom. The molecule has 1 aliphatic heterocycles. The lowest BCUT2D eigenvalue weighted by atomic mass is 9.89. The van der Waals surface area contributed by atoms with Crippen molar-refractivity contribution < 1.29 is 27.4 Å². The van der Waals surface area contributed by atoms with Crippen molar-refractivity contribution in [1.29, 1.82) is 0 Å². The van der Waals surface area contributed by atoms with Crippen molar-refractivity contribution in [2.24, 2.45) is 5.92 Å². The van der Waals surface area contributed by atoms with E-state index in [-0.39, 0.29) is 18.2 Å². The molecule has 4 atom stereocenters. The van der Waals surface area contributed by atoms with Crippen LogP contribution in [0.4, 0.5) is 10.1 Å². The number of hydrogen-bond acceptors (Lipinski definition) is 5. The van der Waals surface area contributed by atoms with Gasteiger partial charge in [-0.25, -0.2) is 12.8 Å². The minimum atomic E-state index is -3.90. The Labute approximate surface area is 254 Å². The number of halogens is 3. The second-order valence-corrected chi connectivity index (χ2v) is 14.2. The van der Waals surface area contributed by atoms with E-state index in [1.165, 1.54) is 18.2 Å². The second-order valence-electron chi connectivity index (χ2n) is 11.2. The third-order valence-electron chi connectivity index (χ3n) is 8.23. The molecule has 3 aromatic rings.